The maximum Gasteiger partial charge on any atom is 0.237 e. The van der Waals surface area contributed by atoms with Gasteiger partial charge in [0.1, 0.15) is 5.76 Å². The average Bonchev–Trinajstić information content (AvgIpc) is 3.16. The number of halogens is 1. The van der Waals surface area contributed by atoms with E-state index in [9.17, 15) is 4.79 Å². The van der Waals surface area contributed by atoms with Gasteiger partial charge in [0.2, 0.25) is 5.91 Å². The third-order valence-electron chi connectivity index (χ3n) is 3.70. The van der Waals surface area contributed by atoms with Gasteiger partial charge in [0, 0.05) is 17.8 Å². The van der Waals surface area contributed by atoms with Gasteiger partial charge in [-0.2, -0.15) is 0 Å². The number of hydrogen-bond acceptors (Lipinski definition) is 5. The minimum atomic E-state index is -0.336. The van der Waals surface area contributed by atoms with Gasteiger partial charge in [-0.3, -0.25) is 4.79 Å². The second-order valence-corrected chi connectivity index (χ2v) is 7.26. The van der Waals surface area contributed by atoms with Crippen molar-refractivity contribution in [2.45, 2.75) is 24.3 Å². The quantitative estimate of drug-likeness (QED) is 0.677. The smallest absolute Gasteiger partial charge is 0.237 e. The molecule has 3 rings (SSSR count). The Morgan fingerprint density at radius 3 is 2.64 bits per heavy atom. The number of amides is 1. The SMILES string of the molecule is Cc1occc1-c1nnc(S[C@@H](C)C(=O)Nc2ccc(Cl)cc2)n1C. The summed E-state index contributed by atoms with van der Waals surface area (Å²) in [4.78, 5) is 12.4. The molecule has 2 heterocycles. The van der Waals surface area contributed by atoms with E-state index in [-0.39, 0.29) is 11.2 Å². The number of rotatable bonds is 5. The number of hydrogen-bond donors (Lipinski definition) is 1. The standard InChI is InChI=1S/C17H17ClN4O2S/c1-10-14(8-9-24-10)15-20-21-17(22(15)3)25-11(2)16(23)19-13-6-4-12(18)5-7-13/h4-9,11H,1-3H3,(H,19,23)/t11-/m0/s1. The molecule has 8 heteroatoms. The van der Waals surface area contributed by atoms with Gasteiger partial charge in [0.25, 0.3) is 0 Å². The number of carbonyl (C=O) groups is 1. The fourth-order valence-corrected chi connectivity index (χ4v) is 3.20. The van der Waals surface area contributed by atoms with Crippen molar-refractivity contribution in [2.75, 3.05) is 5.32 Å². The van der Waals surface area contributed by atoms with Crippen LogP contribution in [0, 0.1) is 6.92 Å². The molecule has 0 fully saturated rings. The van der Waals surface area contributed by atoms with Gasteiger partial charge in [0.15, 0.2) is 11.0 Å². The summed E-state index contributed by atoms with van der Waals surface area (Å²) in [6.45, 7) is 3.70. The molecule has 3 aromatic rings. The minimum Gasteiger partial charge on any atom is -0.469 e. The first-order valence-corrected chi connectivity index (χ1v) is 8.88. The number of carbonyl (C=O) groups excluding carboxylic acids is 1. The fourth-order valence-electron chi connectivity index (χ4n) is 2.26. The Hall–Kier alpha value is -2.25. The van der Waals surface area contributed by atoms with Gasteiger partial charge in [-0.1, -0.05) is 23.4 Å². The monoisotopic (exact) mass is 376 g/mol. The molecule has 25 heavy (non-hydrogen) atoms. The Morgan fingerprint density at radius 1 is 1.28 bits per heavy atom. The number of nitrogens with one attached hydrogen (secondary N) is 1. The summed E-state index contributed by atoms with van der Waals surface area (Å²) in [5.41, 5.74) is 1.59. The van der Waals surface area contributed by atoms with E-state index < -0.39 is 0 Å². The van der Waals surface area contributed by atoms with Gasteiger partial charge in [-0.25, -0.2) is 0 Å². The number of nitrogens with zero attached hydrogens (tertiary/aromatic N) is 3. The van der Waals surface area contributed by atoms with Crippen molar-refractivity contribution in [1.29, 1.82) is 0 Å². The van der Waals surface area contributed by atoms with Crippen LogP contribution in [0.1, 0.15) is 12.7 Å². The molecule has 0 spiro atoms. The van der Waals surface area contributed by atoms with Crippen molar-refractivity contribution in [3.8, 4) is 11.4 Å². The molecule has 0 saturated heterocycles. The van der Waals surface area contributed by atoms with E-state index in [2.05, 4.69) is 15.5 Å². The Balaban J connectivity index is 1.69. The molecule has 0 aliphatic rings. The van der Waals surface area contributed by atoms with Crippen LogP contribution in [0.4, 0.5) is 5.69 Å². The molecule has 1 amide bonds. The number of benzene rings is 1. The van der Waals surface area contributed by atoms with Gasteiger partial charge in [-0.15, -0.1) is 10.2 Å². The number of thioether (sulfide) groups is 1. The molecule has 0 saturated carbocycles. The van der Waals surface area contributed by atoms with Crippen LogP contribution in [0.15, 0.2) is 46.2 Å². The van der Waals surface area contributed by atoms with Crippen LogP contribution in [0.3, 0.4) is 0 Å². The average molecular weight is 377 g/mol. The zero-order chi connectivity index (χ0) is 18.0. The van der Waals surface area contributed by atoms with Crippen molar-refractivity contribution >= 4 is 35.0 Å². The third kappa shape index (κ3) is 3.88. The summed E-state index contributed by atoms with van der Waals surface area (Å²) >= 11 is 7.20. The molecule has 1 aromatic carbocycles. The zero-order valence-corrected chi connectivity index (χ0v) is 15.6. The number of furan rings is 1. The highest BCUT2D eigenvalue weighted by Crippen LogP contribution is 2.28. The van der Waals surface area contributed by atoms with Crippen LogP contribution in [-0.4, -0.2) is 25.9 Å². The molecular weight excluding hydrogens is 360 g/mol. The molecule has 130 valence electrons. The first-order valence-electron chi connectivity index (χ1n) is 7.62. The highest BCUT2D eigenvalue weighted by molar-refractivity contribution is 8.00. The van der Waals surface area contributed by atoms with E-state index in [0.29, 0.717) is 21.7 Å². The van der Waals surface area contributed by atoms with Gasteiger partial charge in [0.05, 0.1) is 17.1 Å². The predicted molar refractivity (Wildman–Crippen MR) is 98.8 cm³/mol. The summed E-state index contributed by atoms with van der Waals surface area (Å²) in [5.74, 6) is 1.37. The number of aromatic nitrogens is 3. The molecule has 6 nitrogen and oxygen atoms in total. The van der Waals surface area contributed by atoms with Crippen LogP contribution in [0.25, 0.3) is 11.4 Å². The Kier molecular flexibility index (Phi) is 5.15. The van der Waals surface area contributed by atoms with Crippen molar-refractivity contribution in [3.63, 3.8) is 0 Å². The van der Waals surface area contributed by atoms with Crippen molar-refractivity contribution in [1.82, 2.24) is 14.8 Å². The van der Waals surface area contributed by atoms with Crippen LogP contribution in [0.2, 0.25) is 5.02 Å². The van der Waals surface area contributed by atoms with Crippen LogP contribution in [0.5, 0.6) is 0 Å². The van der Waals surface area contributed by atoms with Crippen LogP contribution >= 0.6 is 23.4 Å². The van der Waals surface area contributed by atoms with Crippen molar-refractivity contribution in [3.05, 3.63) is 47.4 Å². The summed E-state index contributed by atoms with van der Waals surface area (Å²) in [7, 11) is 1.87. The van der Waals surface area contributed by atoms with E-state index in [1.807, 2.05) is 31.5 Å². The predicted octanol–water partition coefficient (Wildman–Crippen LogP) is 4.16. The Labute approximate surface area is 154 Å². The summed E-state index contributed by atoms with van der Waals surface area (Å²) in [6, 6.07) is 8.85. The highest BCUT2D eigenvalue weighted by Gasteiger charge is 2.20. The normalized spacial score (nSPS) is 12.2. The van der Waals surface area contributed by atoms with E-state index in [4.69, 9.17) is 16.0 Å². The molecule has 0 aliphatic carbocycles. The Morgan fingerprint density at radius 2 is 2.00 bits per heavy atom. The largest absolute Gasteiger partial charge is 0.469 e. The second-order valence-electron chi connectivity index (χ2n) is 5.51. The fraction of sp³-hybridized carbons (Fsp3) is 0.235. The van der Waals surface area contributed by atoms with E-state index in [0.717, 1.165) is 11.3 Å². The molecule has 0 aliphatic heterocycles. The highest BCUT2D eigenvalue weighted by atomic mass is 35.5. The topological polar surface area (TPSA) is 72.9 Å². The lowest BCUT2D eigenvalue weighted by molar-refractivity contribution is -0.115. The van der Waals surface area contributed by atoms with E-state index >= 15 is 0 Å². The molecule has 0 unspecified atom stereocenters. The lowest BCUT2D eigenvalue weighted by atomic mass is 10.2. The molecule has 0 radical (unpaired) electrons. The minimum absolute atomic E-state index is 0.114. The molecular formula is C17H17ClN4O2S. The van der Waals surface area contributed by atoms with Gasteiger partial charge < -0.3 is 14.3 Å². The van der Waals surface area contributed by atoms with Crippen LogP contribution < -0.4 is 5.32 Å². The summed E-state index contributed by atoms with van der Waals surface area (Å²) < 4.78 is 7.17. The molecule has 1 N–H and O–H groups in total. The first kappa shape index (κ1) is 17.6. The van der Waals surface area contributed by atoms with Gasteiger partial charge in [-0.05, 0) is 44.2 Å². The summed E-state index contributed by atoms with van der Waals surface area (Å²) in [6.07, 6.45) is 1.62. The molecule has 2 aromatic heterocycles. The summed E-state index contributed by atoms with van der Waals surface area (Å²) in [5, 5.41) is 12.2. The van der Waals surface area contributed by atoms with Crippen molar-refractivity contribution in [2.24, 2.45) is 7.05 Å². The maximum atomic E-state index is 12.4. The number of anilines is 1. The van der Waals surface area contributed by atoms with E-state index in [1.165, 1.54) is 11.8 Å². The van der Waals surface area contributed by atoms with Crippen molar-refractivity contribution < 1.29 is 9.21 Å². The second kappa shape index (κ2) is 7.33. The van der Waals surface area contributed by atoms with Gasteiger partial charge >= 0.3 is 0 Å². The first-order chi connectivity index (χ1) is 12.0. The molecule has 0 bridgehead atoms. The lowest BCUT2D eigenvalue weighted by Gasteiger charge is -2.11. The lowest BCUT2D eigenvalue weighted by Crippen LogP contribution is -2.22. The van der Waals surface area contributed by atoms with E-state index in [1.54, 1.807) is 30.5 Å². The zero-order valence-electron chi connectivity index (χ0n) is 14.0. The molecule has 1 atom stereocenters. The Bertz CT molecular complexity index is 888. The maximum absolute atomic E-state index is 12.4. The van der Waals surface area contributed by atoms with Crippen LogP contribution in [-0.2, 0) is 11.8 Å². The number of aryl methyl sites for hydroxylation is 1. The third-order valence-corrected chi connectivity index (χ3v) is 5.08.